The molecule has 1 aromatic rings. The van der Waals surface area contributed by atoms with Crippen molar-refractivity contribution < 1.29 is 23.1 Å². The van der Waals surface area contributed by atoms with Crippen molar-refractivity contribution in [3.63, 3.8) is 0 Å². The van der Waals surface area contributed by atoms with Crippen LogP contribution in [0.2, 0.25) is 10.0 Å². The number of halogens is 2. The number of nitrogens with zero attached hydrogens (tertiary/aromatic N) is 1. The van der Waals surface area contributed by atoms with Crippen molar-refractivity contribution >= 4 is 39.1 Å². The van der Waals surface area contributed by atoms with Gasteiger partial charge in [0.15, 0.2) is 0 Å². The molecule has 1 aromatic carbocycles. The zero-order valence-electron chi connectivity index (χ0n) is 15.7. The van der Waals surface area contributed by atoms with Crippen molar-refractivity contribution in [2.45, 2.75) is 32.3 Å². The molecule has 0 bridgehead atoms. The number of hydrogen-bond donors (Lipinski definition) is 2. The zero-order chi connectivity index (χ0) is 20.7. The molecular weight excluding hydrogens is 427 g/mol. The van der Waals surface area contributed by atoms with Gasteiger partial charge in [0, 0.05) is 19.6 Å². The van der Waals surface area contributed by atoms with E-state index >= 15 is 0 Å². The van der Waals surface area contributed by atoms with Crippen LogP contribution >= 0.6 is 23.2 Å². The molecule has 1 aliphatic rings. The SMILES string of the molecule is CCCS(=O)(=O)N1CCCC(C(=O)NCC(O)COc2cccc(Cl)c2Cl)C1. The third-order valence-electron chi connectivity index (χ3n) is 4.47. The predicted molar refractivity (Wildman–Crippen MR) is 109 cm³/mol. The predicted octanol–water partition coefficient (Wildman–Crippen LogP) is 2.30. The first-order valence-corrected chi connectivity index (χ1v) is 11.6. The Morgan fingerprint density at radius 2 is 2.18 bits per heavy atom. The van der Waals surface area contributed by atoms with E-state index in [1.54, 1.807) is 18.2 Å². The summed E-state index contributed by atoms with van der Waals surface area (Å²) in [5.74, 6) is -0.251. The van der Waals surface area contributed by atoms with Crippen LogP contribution in [0.1, 0.15) is 26.2 Å². The Kier molecular flexibility index (Phi) is 8.82. The molecule has 0 aliphatic carbocycles. The molecule has 0 saturated carbocycles. The summed E-state index contributed by atoms with van der Waals surface area (Å²) in [6.07, 6.45) is 0.857. The summed E-state index contributed by atoms with van der Waals surface area (Å²) in [5.41, 5.74) is 0. The van der Waals surface area contributed by atoms with E-state index in [2.05, 4.69) is 5.32 Å². The van der Waals surface area contributed by atoms with Crippen LogP contribution in [0, 0.1) is 5.92 Å². The van der Waals surface area contributed by atoms with Crippen molar-refractivity contribution in [3.05, 3.63) is 28.2 Å². The van der Waals surface area contributed by atoms with Gasteiger partial charge in [0.25, 0.3) is 0 Å². The lowest BCUT2D eigenvalue weighted by atomic mass is 9.99. The fourth-order valence-corrected chi connectivity index (χ4v) is 4.93. The van der Waals surface area contributed by atoms with Crippen LogP contribution in [-0.4, -0.2) is 61.8 Å². The highest BCUT2D eigenvalue weighted by atomic mass is 35.5. The number of aliphatic hydroxyl groups is 1. The Balaban J connectivity index is 1.80. The topological polar surface area (TPSA) is 95.9 Å². The molecule has 28 heavy (non-hydrogen) atoms. The average Bonchev–Trinajstić information content (AvgIpc) is 2.67. The van der Waals surface area contributed by atoms with Crippen molar-refractivity contribution in [1.29, 1.82) is 0 Å². The van der Waals surface area contributed by atoms with Crippen molar-refractivity contribution in [3.8, 4) is 5.75 Å². The lowest BCUT2D eigenvalue weighted by Gasteiger charge is -2.31. The molecule has 2 atom stereocenters. The number of aliphatic hydroxyl groups excluding tert-OH is 1. The maximum atomic E-state index is 12.4. The number of carbonyl (C=O) groups excluding carboxylic acids is 1. The van der Waals surface area contributed by atoms with E-state index in [0.29, 0.717) is 36.6 Å². The van der Waals surface area contributed by atoms with Gasteiger partial charge in [0.1, 0.15) is 23.5 Å². The van der Waals surface area contributed by atoms with Crippen LogP contribution in [0.5, 0.6) is 5.75 Å². The Morgan fingerprint density at radius 3 is 2.89 bits per heavy atom. The molecule has 1 amide bonds. The Morgan fingerprint density at radius 1 is 1.43 bits per heavy atom. The zero-order valence-corrected chi connectivity index (χ0v) is 18.1. The third-order valence-corrected chi connectivity index (χ3v) is 7.31. The third kappa shape index (κ3) is 6.49. The number of ether oxygens (including phenoxy) is 1. The van der Waals surface area contributed by atoms with Gasteiger partial charge in [0.2, 0.25) is 15.9 Å². The van der Waals surface area contributed by atoms with Crippen LogP contribution in [0.15, 0.2) is 18.2 Å². The van der Waals surface area contributed by atoms with Gasteiger partial charge in [-0.3, -0.25) is 4.79 Å². The minimum Gasteiger partial charge on any atom is -0.489 e. The smallest absolute Gasteiger partial charge is 0.224 e. The van der Waals surface area contributed by atoms with Gasteiger partial charge in [-0.1, -0.05) is 36.2 Å². The Labute approximate surface area is 176 Å². The highest BCUT2D eigenvalue weighted by Crippen LogP contribution is 2.31. The largest absolute Gasteiger partial charge is 0.489 e. The normalized spacial score (nSPS) is 19.2. The second kappa shape index (κ2) is 10.6. The fourth-order valence-electron chi connectivity index (χ4n) is 3.00. The number of amides is 1. The number of piperidine rings is 1. The van der Waals surface area contributed by atoms with Crippen LogP contribution in [0.3, 0.4) is 0 Å². The minimum atomic E-state index is -3.32. The van der Waals surface area contributed by atoms with E-state index in [1.165, 1.54) is 4.31 Å². The highest BCUT2D eigenvalue weighted by Gasteiger charge is 2.31. The standard InChI is InChI=1S/C18H26Cl2N2O5S/c1-2-9-28(25,26)22-8-4-5-13(11-22)18(24)21-10-14(23)12-27-16-7-3-6-15(19)17(16)20/h3,6-7,13-14,23H,2,4-5,8-12H2,1H3,(H,21,24). The molecule has 158 valence electrons. The number of sulfonamides is 1. The van der Waals surface area contributed by atoms with Gasteiger partial charge in [-0.05, 0) is 31.4 Å². The fraction of sp³-hybridized carbons (Fsp3) is 0.611. The number of rotatable bonds is 9. The van der Waals surface area contributed by atoms with Gasteiger partial charge in [-0.15, -0.1) is 0 Å². The van der Waals surface area contributed by atoms with Gasteiger partial charge in [-0.25, -0.2) is 12.7 Å². The first-order valence-electron chi connectivity index (χ1n) is 9.25. The highest BCUT2D eigenvalue weighted by molar-refractivity contribution is 7.89. The molecule has 1 saturated heterocycles. The van der Waals surface area contributed by atoms with E-state index in [0.717, 1.165) is 0 Å². The second-order valence-corrected chi connectivity index (χ2v) is 9.65. The molecule has 7 nitrogen and oxygen atoms in total. The molecule has 1 heterocycles. The monoisotopic (exact) mass is 452 g/mol. The van der Waals surface area contributed by atoms with Crippen molar-refractivity contribution in [2.75, 3.05) is 32.0 Å². The molecule has 0 spiro atoms. The number of hydrogen-bond acceptors (Lipinski definition) is 5. The van der Waals surface area contributed by atoms with E-state index in [1.807, 2.05) is 6.92 Å². The molecule has 2 rings (SSSR count). The maximum absolute atomic E-state index is 12.4. The van der Waals surface area contributed by atoms with E-state index < -0.39 is 22.0 Å². The van der Waals surface area contributed by atoms with Crippen LogP contribution in [0.4, 0.5) is 0 Å². The van der Waals surface area contributed by atoms with Crippen LogP contribution in [-0.2, 0) is 14.8 Å². The molecule has 10 heteroatoms. The summed E-state index contributed by atoms with van der Waals surface area (Å²) in [4.78, 5) is 12.4. The van der Waals surface area contributed by atoms with E-state index in [4.69, 9.17) is 27.9 Å². The summed E-state index contributed by atoms with van der Waals surface area (Å²) < 4.78 is 31.3. The second-order valence-electron chi connectivity index (χ2n) is 6.78. The van der Waals surface area contributed by atoms with Gasteiger partial charge >= 0.3 is 0 Å². The average molecular weight is 453 g/mol. The first kappa shape index (κ1) is 23.2. The van der Waals surface area contributed by atoms with E-state index in [-0.39, 0.29) is 36.4 Å². The lowest BCUT2D eigenvalue weighted by molar-refractivity contribution is -0.126. The molecule has 0 radical (unpaired) electrons. The maximum Gasteiger partial charge on any atom is 0.224 e. The minimum absolute atomic E-state index is 0.00473. The van der Waals surface area contributed by atoms with Gasteiger partial charge in [-0.2, -0.15) is 0 Å². The van der Waals surface area contributed by atoms with Crippen LogP contribution in [0.25, 0.3) is 0 Å². The van der Waals surface area contributed by atoms with Crippen LogP contribution < -0.4 is 10.1 Å². The Bertz CT molecular complexity index is 775. The molecular formula is C18H26Cl2N2O5S. The van der Waals surface area contributed by atoms with Gasteiger partial charge in [0.05, 0.1) is 16.7 Å². The Hall–Kier alpha value is -1.06. The quantitative estimate of drug-likeness (QED) is 0.598. The molecule has 1 fully saturated rings. The molecule has 2 unspecified atom stereocenters. The summed E-state index contributed by atoms with van der Waals surface area (Å²) in [7, 11) is -3.32. The molecule has 0 aromatic heterocycles. The summed E-state index contributed by atoms with van der Waals surface area (Å²) in [6.45, 7) is 2.37. The molecule has 2 N–H and O–H groups in total. The summed E-state index contributed by atoms with van der Waals surface area (Å²) in [6, 6.07) is 4.94. The summed E-state index contributed by atoms with van der Waals surface area (Å²) in [5, 5.41) is 13.3. The first-order chi connectivity index (χ1) is 13.2. The van der Waals surface area contributed by atoms with Crippen molar-refractivity contribution in [2.24, 2.45) is 5.92 Å². The number of carbonyl (C=O) groups is 1. The van der Waals surface area contributed by atoms with Gasteiger partial charge < -0.3 is 15.2 Å². The number of benzene rings is 1. The van der Waals surface area contributed by atoms with E-state index in [9.17, 15) is 18.3 Å². The number of nitrogens with one attached hydrogen (secondary N) is 1. The molecule has 1 aliphatic heterocycles. The lowest BCUT2D eigenvalue weighted by Crippen LogP contribution is -2.47. The van der Waals surface area contributed by atoms with Crippen molar-refractivity contribution in [1.82, 2.24) is 9.62 Å². The summed E-state index contributed by atoms with van der Waals surface area (Å²) >= 11 is 11.9.